The van der Waals surface area contributed by atoms with Crippen LogP contribution in [0.5, 0.6) is 5.75 Å². The molecule has 5 nitrogen and oxygen atoms in total. The Labute approximate surface area is 151 Å². The highest BCUT2D eigenvalue weighted by Crippen LogP contribution is 2.25. The molecule has 1 N–H and O–H groups in total. The van der Waals surface area contributed by atoms with Gasteiger partial charge in [0.05, 0.1) is 18.0 Å². The highest BCUT2D eigenvalue weighted by molar-refractivity contribution is 6.05. The fourth-order valence-corrected chi connectivity index (χ4v) is 2.81. The number of aryl methyl sites for hydroxylation is 1. The molecule has 0 unspecified atom stereocenters. The van der Waals surface area contributed by atoms with Crippen molar-refractivity contribution < 1.29 is 13.9 Å². The number of nitrogens with one attached hydrogen (secondary N) is 1. The van der Waals surface area contributed by atoms with E-state index in [0.717, 1.165) is 12.8 Å². The summed E-state index contributed by atoms with van der Waals surface area (Å²) in [7, 11) is 0. The molecule has 2 aromatic heterocycles. The maximum Gasteiger partial charge on any atom is 0.274 e. The standard InChI is InChI=1S/C20H22FN3O2/c1-3-7-16-19(24-13-14(21)10-11-18(24)22-16)20(25)23-15-8-5-6-9-17(15)26-12-4-2/h5-6,8-11,13H,3-4,7,12H2,1-2H3,(H,23,25). The Morgan fingerprint density at radius 3 is 2.77 bits per heavy atom. The number of rotatable bonds is 7. The van der Waals surface area contributed by atoms with Crippen molar-refractivity contribution in [3.63, 3.8) is 0 Å². The Balaban J connectivity index is 1.97. The van der Waals surface area contributed by atoms with Crippen molar-refractivity contribution in [2.45, 2.75) is 33.1 Å². The van der Waals surface area contributed by atoms with Crippen LogP contribution in [0.15, 0.2) is 42.6 Å². The second-order valence-electron chi connectivity index (χ2n) is 6.03. The minimum atomic E-state index is -0.418. The van der Waals surface area contributed by atoms with E-state index in [1.54, 1.807) is 12.1 Å². The average molecular weight is 355 g/mol. The molecule has 2 heterocycles. The van der Waals surface area contributed by atoms with Crippen LogP contribution in [-0.2, 0) is 6.42 Å². The zero-order valence-electron chi connectivity index (χ0n) is 15.0. The quantitative estimate of drug-likeness (QED) is 0.680. The van der Waals surface area contributed by atoms with Crippen LogP contribution in [0.25, 0.3) is 5.65 Å². The van der Waals surface area contributed by atoms with Crippen LogP contribution in [-0.4, -0.2) is 21.9 Å². The van der Waals surface area contributed by atoms with Gasteiger partial charge in [0.15, 0.2) is 0 Å². The van der Waals surface area contributed by atoms with Crippen LogP contribution in [0.4, 0.5) is 10.1 Å². The van der Waals surface area contributed by atoms with Crippen molar-refractivity contribution in [1.29, 1.82) is 0 Å². The Morgan fingerprint density at radius 2 is 2.00 bits per heavy atom. The highest BCUT2D eigenvalue weighted by atomic mass is 19.1. The van der Waals surface area contributed by atoms with Crippen molar-refractivity contribution in [1.82, 2.24) is 9.38 Å². The number of ether oxygens (including phenoxy) is 1. The molecule has 0 aliphatic carbocycles. The SMILES string of the molecule is CCCOc1ccccc1NC(=O)c1c(CCC)nc2ccc(F)cn12. The van der Waals surface area contributed by atoms with Gasteiger partial charge in [-0.3, -0.25) is 9.20 Å². The number of para-hydroxylation sites is 2. The number of imidazole rings is 1. The zero-order chi connectivity index (χ0) is 18.5. The molecule has 0 spiro atoms. The summed E-state index contributed by atoms with van der Waals surface area (Å²) in [5.74, 6) is -0.141. The number of hydrogen-bond acceptors (Lipinski definition) is 3. The zero-order valence-corrected chi connectivity index (χ0v) is 15.0. The van der Waals surface area contributed by atoms with Gasteiger partial charge in [-0.15, -0.1) is 0 Å². The van der Waals surface area contributed by atoms with Crippen LogP contribution in [0.1, 0.15) is 42.9 Å². The topological polar surface area (TPSA) is 55.6 Å². The number of carbonyl (C=O) groups excluding carboxylic acids is 1. The number of nitrogens with zero attached hydrogens (tertiary/aromatic N) is 2. The van der Waals surface area contributed by atoms with E-state index in [1.165, 1.54) is 16.7 Å². The minimum absolute atomic E-state index is 0.334. The first-order chi connectivity index (χ1) is 12.6. The number of amides is 1. The van der Waals surface area contributed by atoms with Gasteiger partial charge in [0, 0.05) is 6.20 Å². The van der Waals surface area contributed by atoms with E-state index in [9.17, 15) is 9.18 Å². The fraction of sp³-hybridized carbons (Fsp3) is 0.300. The molecule has 136 valence electrons. The largest absolute Gasteiger partial charge is 0.491 e. The third kappa shape index (κ3) is 3.69. The van der Waals surface area contributed by atoms with E-state index in [-0.39, 0.29) is 5.91 Å². The van der Waals surface area contributed by atoms with Crippen LogP contribution < -0.4 is 10.1 Å². The molecule has 6 heteroatoms. The Kier molecular flexibility index (Phi) is 5.51. The maximum absolute atomic E-state index is 13.7. The smallest absolute Gasteiger partial charge is 0.274 e. The number of fused-ring (bicyclic) bond motifs is 1. The van der Waals surface area contributed by atoms with Gasteiger partial charge in [-0.2, -0.15) is 0 Å². The molecular formula is C20H22FN3O2. The first-order valence-electron chi connectivity index (χ1n) is 8.83. The van der Waals surface area contributed by atoms with E-state index in [2.05, 4.69) is 10.3 Å². The summed E-state index contributed by atoms with van der Waals surface area (Å²) in [6.45, 7) is 4.60. The van der Waals surface area contributed by atoms with Gasteiger partial charge >= 0.3 is 0 Å². The molecule has 0 bridgehead atoms. The number of aromatic nitrogens is 2. The highest BCUT2D eigenvalue weighted by Gasteiger charge is 2.20. The lowest BCUT2D eigenvalue weighted by atomic mass is 10.2. The molecule has 0 atom stereocenters. The molecule has 0 fully saturated rings. The number of hydrogen-bond donors (Lipinski definition) is 1. The molecule has 1 aromatic carbocycles. The van der Waals surface area contributed by atoms with Crippen LogP contribution >= 0.6 is 0 Å². The number of carbonyl (C=O) groups is 1. The van der Waals surface area contributed by atoms with Crippen molar-refractivity contribution >= 4 is 17.2 Å². The lowest BCUT2D eigenvalue weighted by molar-refractivity contribution is 0.102. The summed E-state index contributed by atoms with van der Waals surface area (Å²) in [6, 6.07) is 10.2. The summed E-state index contributed by atoms with van der Waals surface area (Å²) < 4.78 is 20.9. The lowest BCUT2D eigenvalue weighted by Gasteiger charge is -2.12. The Bertz CT molecular complexity index is 921. The molecule has 1 amide bonds. The van der Waals surface area contributed by atoms with E-state index >= 15 is 0 Å². The molecule has 0 aliphatic rings. The van der Waals surface area contributed by atoms with Gasteiger partial charge in [-0.1, -0.05) is 32.4 Å². The predicted molar refractivity (Wildman–Crippen MR) is 99.3 cm³/mol. The minimum Gasteiger partial charge on any atom is -0.491 e. The molecule has 0 saturated carbocycles. The third-order valence-corrected chi connectivity index (χ3v) is 3.95. The first kappa shape index (κ1) is 17.9. The number of anilines is 1. The average Bonchev–Trinajstić information content (AvgIpc) is 2.98. The molecular weight excluding hydrogens is 333 g/mol. The van der Waals surface area contributed by atoms with Gasteiger partial charge in [0.1, 0.15) is 22.9 Å². The summed E-state index contributed by atoms with van der Waals surface area (Å²) >= 11 is 0. The van der Waals surface area contributed by atoms with Crippen molar-refractivity contribution in [2.24, 2.45) is 0 Å². The molecule has 3 rings (SSSR count). The summed E-state index contributed by atoms with van der Waals surface area (Å²) in [5, 5.41) is 2.89. The molecule has 26 heavy (non-hydrogen) atoms. The van der Waals surface area contributed by atoms with Crippen LogP contribution in [0.2, 0.25) is 0 Å². The molecule has 0 radical (unpaired) electrons. The van der Waals surface area contributed by atoms with Crippen molar-refractivity contribution in [2.75, 3.05) is 11.9 Å². The fourth-order valence-electron chi connectivity index (χ4n) is 2.81. The Hall–Kier alpha value is -2.89. The lowest BCUT2D eigenvalue weighted by Crippen LogP contribution is -2.17. The summed E-state index contributed by atoms with van der Waals surface area (Å²) in [5.41, 5.74) is 2.14. The van der Waals surface area contributed by atoms with Crippen molar-refractivity contribution in [3.05, 3.63) is 59.8 Å². The second kappa shape index (κ2) is 7.99. The van der Waals surface area contributed by atoms with Crippen molar-refractivity contribution in [3.8, 4) is 5.75 Å². The maximum atomic E-state index is 13.7. The Morgan fingerprint density at radius 1 is 1.19 bits per heavy atom. The summed E-state index contributed by atoms with van der Waals surface area (Å²) in [6.07, 6.45) is 3.63. The van der Waals surface area contributed by atoms with Gasteiger partial charge < -0.3 is 10.1 Å². The van der Waals surface area contributed by atoms with Gasteiger partial charge in [-0.05, 0) is 37.1 Å². The van der Waals surface area contributed by atoms with E-state index in [0.29, 0.717) is 41.5 Å². The van der Waals surface area contributed by atoms with Gasteiger partial charge in [0.2, 0.25) is 0 Å². The molecule has 0 saturated heterocycles. The number of pyridine rings is 1. The normalized spacial score (nSPS) is 10.9. The summed E-state index contributed by atoms with van der Waals surface area (Å²) in [4.78, 5) is 17.5. The van der Waals surface area contributed by atoms with Crippen LogP contribution in [0.3, 0.4) is 0 Å². The number of benzene rings is 1. The van der Waals surface area contributed by atoms with E-state index in [1.807, 2.05) is 32.0 Å². The predicted octanol–water partition coefficient (Wildman–Crippen LogP) is 4.47. The second-order valence-corrected chi connectivity index (χ2v) is 6.03. The van der Waals surface area contributed by atoms with E-state index < -0.39 is 5.82 Å². The molecule has 0 aliphatic heterocycles. The van der Waals surface area contributed by atoms with Crippen LogP contribution in [0, 0.1) is 5.82 Å². The van der Waals surface area contributed by atoms with Gasteiger partial charge in [0.25, 0.3) is 5.91 Å². The molecule has 3 aromatic rings. The third-order valence-electron chi connectivity index (χ3n) is 3.95. The van der Waals surface area contributed by atoms with E-state index in [4.69, 9.17) is 4.74 Å². The monoisotopic (exact) mass is 355 g/mol. The number of halogens is 1. The first-order valence-corrected chi connectivity index (χ1v) is 8.83. The van der Waals surface area contributed by atoms with Gasteiger partial charge in [-0.25, -0.2) is 9.37 Å².